The van der Waals surface area contributed by atoms with Crippen LogP contribution in [-0.2, 0) is 0 Å². The van der Waals surface area contributed by atoms with E-state index in [1.54, 1.807) is 103 Å². The number of nitrogen functional groups attached to an aromatic ring is 4. The van der Waals surface area contributed by atoms with Crippen LogP contribution in [0.25, 0.3) is 66.1 Å². The molecule has 0 spiro atoms. The minimum Gasteiger partial charge on any atom is -0.457 e. The highest BCUT2D eigenvalue weighted by Crippen LogP contribution is 2.37. The largest absolute Gasteiger partial charge is 0.457 e. The first-order valence-electron chi connectivity index (χ1n) is 40.8. The number of nitrogens with one attached hydrogen (secondary N) is 2. The average Bonchev–Trinajstić information content (AvgIpc) is 0.885. The summed E-state index contributed by atoms with van der Waals surface area (Å²) in [6.45, 7) is 10.4. The van der Waals surface area contributed by atoms with Crippen LogP contribution in [0.1, 0.15) is 27.8 Å². The Morgan fingerprint density at radius 2 is 0.672 bits per heavy atom. The van der Waals surface area contributed by atoms with Crippen molar-refractivity contribution in [3.63, 3.8) is 0 Å². The van der Waals surface area contributed by atoms with Crippen LogP contribution in [0.15, 0.2) is 383 Å². The van der Waals surface area contributed by atoms with Crippen molar-refractivity contribution in [2.45, 2.75) is 34.6 Å². The van der Waals surface area contributed by atoms with Crippen LogP contribution in [0.3, 0.4) is 0 Å². The molecule has 0 unspecified atom stereocenters. The average molecular weight is 1710 g/mol. The van der Waals surface area contributed by atoms with Crippen molar-refractivity contribution in [2.75, 3.05) is 47.7 Å². The standard InChI is InChI=1S/C21H21NO.C20H20N2O.C18H16N2O.2C17H13FN2O.C14H11N3OS/c1-15-6-4-5-7-20(15)21-13-12-19(14-16(21)2)23-18-10-8-17(22-3)9-11-18;1-14-6-4-5-7-18(14)19-10-9-17(12-15(19)2)23-20-11-8-16(21-3)13-22-20;1-13-11-18(20-12-17(13)19)21-16-9-7-15(8-10-16)14-5-3-2-4-6-14;18-14-5-1-12(2-6-14)13-3-8-16(9-4-13)21-17-10-7-15(19)11-20-17;18-16-11-14(19)3-6-17(16)21-15-4-1-12(2-5-15)13-7-9-20-10-8-13;15-11-3-6-14(17-7-11)18-12-4-1-10(2-5-12)13-8-16-9-19-13/h4-14,22H,1-3H3;4-13,21H,1-3H3;2-12H,19H2,1H3;2*1-11H,19H2;1-9H,15H2. The molecule has 18 nitrogen and oxygen atoms in total. The van der Waals surface area contributed by atoms with Gasteiger partial charge < -0.3 is 62.0 Å². The van der Waals surface area contributed by atoms with E-state index in [-0.39, 0.29) is 11.6 Å². The molecule has 0 saturated carbocycles. The molecule has 18 aromatic rings. The van der Waals surface area contributed by atoms with Gasteiger partial charge in [0.2, 0.25) is 23.5 Å². The fourth-order valence-corrected chi connectivity index (χ4v) is 13.5. The molecule has 0 amide bonds. The van der Waals surface area contributed by atoms with Gasteiger partial charge in [-0.15, -0.1) is 11.3 Å². The smallest absolute Gasteiger partial charge is 0.219 e. The second-order valence-electron chi connectivity index (χ2n) is 29.1. The van der Waals surface area contributed by atoms with E-state index in [9.17, 15) is 8.78 Å². The highest BCUT2D eigenvalue weighted by molar-refractivity contribution is 7.13. The molecule has 0 bridgehead atoms. The quantitative estimate of drug-likeness (QED) is 0.0388. The van der Waals surface area contributed by atoms with E-state index in [1.165, 1.54) is 74.3 Å². The summed E-state index contributed by atoms with van der Waals surface area (Å²) < 4.78 is 60.9. The highest BCUT2D eigenvalue weighted by atomic mass is 32.1. The molecule has 10 N–H and O–H groups in total. The summed E-state index contributed by atoms with van der Waals surface area (Å²) in [5.41, 5.74) is 46.9. The fraction of sp³-hybridized carbons (Fsp3) is 0.0654. The zero-order chi connectivity index (χ0) is 89.5. The summed E-state index contributed by atoms with van der Waals surface area (Å²) in [6.07, 6.45) is 11.8. The topological polar surface area (TPSA) is 261 Å². The Bertz CT molecular complexity index is 6400. The number of pyridine rings is 5. The summed E-state index contributed by atoms with van der Waals surface area (Å²) in [5, 5.41) is 6.14. The maximum atomic E-state index is 13.7. The molecule has 0 aliphatic rings. The predicted octanol–water partition coefficient (Wildman–Crippen LogP) is 27.5. The monoisotopic (exact) mass is 1710 g/mol. The zero-order valence-corrected chi connectivity index (χ0v) is 72.3. The number of aromatic nitrogens is 6. The minimum absolute atomic E-state index is 0.154. The van der Waals surface area contributed by atoms with Crippen molar-refractivity contribution < 1.29 is 37.2 Å². The number of nitrogens with zero attached hydrogens (tertiary/aromatic N) is 6. The van der Waals surface area contributed by atoms with Crippen molar-refractivity contribution >= 4 is 45.5 Å². The molecule has 0 aliphatic carbocycles. The molecule has 18 rings (SSSR count). The number of hydrogen-bond acceptors (Lipinski definition) is 19. The van der Waals surface area contributed by atoms with Crippen molar-refractivity contribution in [3.05, 3.63) is 422 Å². The molecule has 0 atom stereocenters. The molecule has 6 aromatic heterocycles. The molecule has 6 heterocycles. The Kier molecular flexibility index (Phi) is 31.0. The van der Waals surface area contributed by atoms with Crippen LogP contribution < -0.4 is 62.0 Å². The van der Waals surface area contributed by atoms with Gasteiger partial charge in [0.05, 0.1) is 57.9 Å². The summed E-state index contributed by atoms with van der Waals surface area (Å²) >= 11 is 1.61. The number of halogens is 2. The first kappa shape index (κ1) is 89.2. The summed E-state index contributed by atoms with van der Waals surface area (Å²) in [7, 11) is 3.77. The molecule has 0 aliphatic heterocycles. The molecule has 0 radical (unpaired) electrons. The molecule has 128 heavy (non-hydrogen) atoms. The summed E-state index contributed by atoms with van der Waals surface area (Å²) in [4.78, 5) is 25.8. The van der Waals surface area contributed by atoms with Crippen LogP contribution in [0.5, 0.6) is 69.5 Å². The molecular weight excluding hydrogens is 1620 g/mol. The van der Waals surface area contributed by atoms with Crippen LogP contribution in [0.4, 0.5) is 42.9 Å². The SMILES string of the molecule is CNc1ccc(Oc2ccc(-c3ccccc3C)c(C)c2)cc1.CNc1ccc(Oc2ccc(-c3ccccc3C)c(C)c2)nc1.Cc1cc(Oc2ccc(-c3ccccc3)cc2)ncc1N.Nc1ccc(Oc2ccc(-c3ccc(F)cc3)cc2)nc1.Nc1ccc(Oc2ccc(-c3ccncc3)cc2)c(F)c1.Nc1ccc(Oc2ccc(-c3cncs3)cc2)nc1. The van der Waals surface area contributed by atoms with E-state index in [4.69, 9.17) is 51.4 Å². The highest BCUT2D eigenvalue weighted by Gasteiger charge is 2.13. The number of ether oxygens (including phenoxy) is 6. The van der Waals surface area contributed by atoms with Crippen LogP contribution in [0, 0.1) is 46.3 Å². The van der Waals surface area contributed by atoms with Crippen LogP contribution >= 0.6 is 11.3 Å². The predicted molar refractivity (Wildman–Crippen MR) is 515 cm³/mol. The van der Waals surface area contributed by atoms with Gasteiger partial charge in [0.1, 0.15) is 46.1 Å². The first-order chi connectivity index (χ1) is 62.3. The lowest BCUT2D eigenvalue weighted by molar-refractivity contribution is 0.442. The molecule has 638 valence electrons. The van der Waals surface area contributed by atoms with E-state index in [0.29, 0.717) is 57.8 Å². The second kappa shape index (κ2) is 44.5. The van der Waals surface area contributed by atoms with Crippen LogP contribution in [0.2, 0.25) is 0 Å². The second-order valence-corrected chi connectivity index (χ2v) is 30.0. The lowest BCUT2D eigenvalue weighted by Gasteiger charge is -2.12. The lowest BCUT2D eigenvalue weighted by atomic mass is 9.96. The third kappa shape index (κ3) is 26.0. The van der Waals surface area contributed by atoms with Crippen molar-refractivity contribution in [3.8, 4) is 136 Å². The van der Waals surface area contributed by atoms with Gasteiger partial charge in [-0.25, -0.2) is 28.7 Å². The van der Waals surface area contributed by atoms with Gasteiger partial charge in [-0.1, -0.05) is 140 Å². The number of anilines is 6. The van der Waals surface area contributed by atoms with E-state index in [0.717, 1.165) is 83.9 Å². The van der Waals surface area contributed by atoms with Gasteiger partial charge in [-0.05, 0) is 287 Å². The normalized spacial score (nSPS) is 10.4. The van der Waals surface area contributed by atoms with E-state index in [2.05, 4.69) is 153 Å². The summed E-state index contributed by atoms with van der Waals surface area (Å²) in [5.74, 6) is 6.82. The number of rotatable bonds is 20. The number of thiazole rings is 1. The van der Waals surface area contributed by atoms with Crippen LogP contribution in [-0.4, -0.2) is 44.0 Å². The number of aryl methyl sites for hydroxylation is 5. The number of benzene rings is 12. The molecular formula is C107H94F2N12O6S. The van der Waals surface area contributed by atoms with Gasteiger partial charge in [-0.3, -0.25) is 9.97 Å². The Hall–Kier alpha value is -16.5. The maximum absolute atomic E-state index is 13.7. The number of nitrogens with two attached hydrogens (primary N) is 4. The number of hydrogen-bond donors (Lipinski definition) is 6. The van der Waals surface area contributed by atoms with E-state index in [1.807, 2.05) is 203 Å². The van der Waals surface area contributed by atoms with Gasteiger partial charge >= 0.3 is 0 Å². The van der Waals surface area contributed by atoms with Crippen molar-refractivity contribution in [2.24, 2.45) is 0 Å². The van der Waals surface area contributed by atoms with E-state index < -0.39 is 5.82 Å². The fourth-order valence-electron chi connectivity index (χ4n) is 12.9. The molecule has 0 fully saturated rings. The van der Waals surface area contributed by atoms with Gasteiger partial charge in [0, 0.05) is 74.4 Å². The van der Waals surface area contributed by atoms with E-state index >= 15 is 0 Å². The zero-order valence-electron chi connectivity index (χ0n) is 71.5. The molecule has 21 heteroatoms. The summed E-state index contributed by atoms with van der Waals surface area (Å²) in [6, 6.07) is 105. The minimum atomic E-state index is -0.479. The van der Waals surface area contributed by atoms with Crippen molar-refractivity contribution in [1.82, 2.24) is 29.9 Å². The Morgan fingerprint density at radius 3 is 1.12 bits per heavy atom. The molecule has 12 aromatic carbocycles. The first-order valence-corrected chi connectivity index (χ1v) is 41.7. The van der Waals surface area contributed by atoms with Gasteiger partial charge in [-0.2, -0.15) is 0 Å². The third-order valence-corrected chi connectivity index (χ3v) is 20.6. The Labute approximate surface area is 747 Å². The molecule has 0 saturated heterocycles. The van der Waals surface area contributed by atoms with Gasteiger partial charge in [0.25, 0.3) is 0 Å². The maximum Gasteiger partial charge on any atom is 0.219 e. The van der Waals surface area contributed by atoms with Crippen molar-refractivity contribution in [1.29, 1.82) is 0 Å². The van der Waals surface area contributed by atoms with Gasteiger partial charge in [0.15, 0.2) is 11.6 Å². The Morgan fingerprint density at radius 1 is 0.281 bits per heavy atom. The third-order valence-electron chi connectivity index (χ3n) is 19.8. The lowest BCUT2D eigenvalue weighted by Crippen LogP contribution is -1.93. The Balaban J connectivity index is 0.000000131.